The second-order valence-corrected chi connectivity index (χ2v) is 7.00. The number of fused-ring (bicyclic) bond motifs is 1. The standard InChI is InChI=1S/C19H18N8O6/c1-9-5-15(26(24-9)19-22-16-11(18(29)23-19)8-20-25(16)2)21-17(28)10-6-13(32-3)14(33-4)7-12(10)27(30)31/h5-8,11H,1-4H3,(H,21,28). The number of carbonyl (C=O) groups excluding carboxylic acids is 2. The number of aliphatic imine (C=N–C) groups is 2. The number of nitrogens with one attached hydrogen (secondary N) is 1. The Morgan fingerprint density at radius 3 is 2.55 bits per heavy atom. The molecular formula is C19H18N8O6. The number of amides is 2. The zero-order chi connectivity index (χ0) is 23.9. The number of nitro groups is 1. The molecule has 0 fully saturated rings. The van der Waals surface area contributed by atoms with E-state index in [1.807, 2.05) is 0 Å². The lowest BCUT2D eigenvalue weighted by Crippen LogP contribution is -2.35. The summed E-state index contributed by atoms with van der Waals surface area (Å²) in [5.74, 6) is -1.32. The van der Waals surface area contributed by atoms with Crippen molar-refractivity contribution in [2.75, 3.05) is 26.6 Å². The average molecular weight is 454 g/mol. The number of anilines is 1. The van der Waals surface area contributed by atoms with Crippen LogP contribution in [0, 0.1) is 23.0 Å². The van der Waals surface area contributed by atoms with E-state index in [-0.39, 0.29) is 28.8 Å². The highest BCUT2D eigenvalue weighted by molar-refractivity contribution is 6.24. The third-order valence-electron chi connectivity index (χ3n) is 4.90. The molecule has 2 amide bonds. The lowest BCUT2D eigenvalue weighted by atomic mass is 10.1. The van der Waals surface area contributed by atoms with Crippen LogP contribution in [0.4, 0.5) is 11.5 Å². The lowest BCUT2D eigenvalue weighted by Gasteiger charge is -2.17. The van der Waals surface area contributed by atoms with Gasteiger partial charge >= 0.3 is 0 Å². The number of methoxy groups -OCH3 is 2. The van der Waals surface area contributed by atoms with Gasteiger partial charge in [0, 0.05) is 25.4 Å². The minimum absolute atomic E-state index is 0.0752. The highest BCUT2D eigenvalue weighted by atomic mass is 16.6. The van der Waals surface area contributed by atoms with E-state index in [2.05, 4.69) is 25.5 Å². The summed E-state index contributed by atoms with van der Waals surface area (Å²) < 4.78 is 11.4. The maximum absolute atomic E-state index is 13.0. The van der Waals surface area contributed by atoms with Gasteiger partial charge in [0.1, 0.15) is 23.1 Å². The summed E-state index contributed by atoms with van der Waals surface area (Å²) in [4.78, 5) is 44.6. The van der Waals surface area contributed by atoms with Gasteiger partial charge in [-0.2, -0.15) is 24.9 Å². The van der Waals surface area contributed by atoms with Crippen LogP contribution in [-0.4, -0.2) is 70.8 Å². The highest BCUT2D eigenvalue weighted by Crippen LogP contribution is 2.35. The fraction of sp³-hybridized carbons (Fsp3) is 0.263. The second kappa shape index (κ2) is 8.14. The molecule has 0 saturated heterocycles. The number of rotatable bonds is 5. The Bertz CT molecular complexity index is 1280. The van der Waals surface area contributed by atoms with Crippen molar-refractivity contribution in [1.29, 1.82) is 0 Å². The molecule has 2 aliphatic heterocycles. The number of aryl methyl sites for hydroxylation is 1. The van der Waals surface area contributed by atoms with E-state index in [9.17, 15) is 19.7 Å². The van der Waals surface area contributed by atoms with Crippen molar-refractivity contribution < 1.29 is 24.0 Å². The zero-order valence-electron chi connectivity index (χ0n) is 18.0. The first-order chi connectivity index (χ1) is 15.7. The largest absolute Gasteiger partial charge is 0.493 e. The molecule has 2 aromatic rings. The third-order valence-corrected chi connectivity index (χ3v) is 4.90. The molecule has 0 aliphatic carbocycles. The van der Waals surface area contributed by atoms with Crippen LogP contribution in [0.5, 0.6) is 11.5 Å². The molecule has 0 bridgehead atoms. The van der Waals surface area contributed by atoms with E-state index in [0.717, 1.165) is 6.07 Å². The van der Waals surface area contributed by atoms with Crippen LogP contribution in [0.15, 0.2) is 33.3 Å². The number of hydrogen-bond acceptors (Lipinski definition) is 10. The Morgan fingerprint density at radius 1 is 1.18 bits per heavy atom. The number of nitro benzene ring substituents is 1. The van der Waals surface area contributed by atoms with Crippen molar-refractivity contribution in [1.82, 2.24) is 14.8 Å². The first kappa shape index (κ1) is 21.6. The van der Waals surface area contributed by atoms with Crippen molar-refractivity contribution in [3.8, 4) is 11.5 Å². The Balaban J connectivity index is 1.71. The number of aromatic nitrogens is 2. The molecule has 33 heavy (non-hydrogen) atoms. The minimum atomic E-state index is -0.807. The van der Waals surface area contributed by atoms with Crippen molar-refractivity contribution in [3.05, 3.63) is 39.6 Å². The van der Waals surface area contributed by atoms with Gasteiger partial charge in [0.25, 0.3) is 23.5 Å². The van der Waals surface area contributed by atoms with Gasteiger partial charge in [-0.3, -0.25) is 24.7 Å². The normalized spacial score (nSPS) is 16.8. The molecule has 1 atom stereocenters. The lowest BCUT2D eigenvalue weighted by molar-refractivity contribution is -0.385. The summed E-state index contributed by atoms with van der Waals surface area (Å²) in [5.41, 5.74) is -0.258. The summed E-state index contributed by atoms with van der Waals surface area (Å²) >= 11 is 0. The monoisotopic (exact) mass is 454 g/mol. The number of benzene rings is 1. The Kier molecular flexibility index (Phi) is 5.33. The van der Waals surface area contributed by atoms with Gasteiger partial charge in [0.2, 0.25) is 0 Å². The number of hydrazone groups is 1. The Hall–Kier alpha value is -4.62. The number of amidine groups is 1. The van der Waals surface area contributed by atoms with Gasteiger partial charge in [-0.25, -0.2) is 0 Å². The molecule has 2 aliphatic rings. The van der Waals surface area contributed by atoms with Gasteiger partial charge in [0.05, 0.1) is 30.9 Å². The molecule has 170 valence electrons. The summed E-state index contributed by atoms with van der Waals surface area (Å²) in [7, 11) is 4.31. The van der Waals surface area contributed by atoms with Crippen LogP contribution in [-0.2, 0) is 4.79 Å². The fourth-order valence-corrected chi connectivity index (χ4v) is 3.33. The minimum Gasteiger partial charge on any atom is -0.493 e. The summed E-state index contributed by atoms with van der Waals surface area (Å²) in [5, 5.41) is 23.8. The topological polar surface area (TPSA) is 166 Å². The number of hydrogen-bond donors (Lipinski definition) is 1. The predicted octanol–water partition coefficient (Wildman–Crippen LogP) is 1.06. The van der Waals surface area contributed by atoms with Crippen molar-refractivity contribution >= 4 is 41.3 Å². The zero-order valence-corrected chi connectivity index (χ0v) is 18.0. The number of nitrogens with zero attached hydrogens (tertiary/aromatic N) is 7. The van der Waals surface area contributed by atoms with Gasteiger partial charge in [-0.05, 0) is 6.92 Å². The second-order valence-electron chi connectivity index (χ2n) is 7.00. The Labute approximate surface area is 186 Å². The van der Waals surface area contributed by atoms with E-state index in [1.54, 1.807) is 14.0 Å². The van der Waals surface area contributed by atoms with E-state index in [4.69, 9.17) is 9.47 Å². The van der Waals surface area contributed by atoms with Crippen LogP contribution in [0.1, 0.15) is 16.1 Å². The molecule has 14 heteroatoms. The Morgan fingerprint density at radius 2 is 1.88 bits per heavy atom. The number of ether oxygens (including phenoxy) is 2. The molecule has 0 spiro atoms. The molecule has 0 saturated carbocycles. The molecule has 4 rings (SSSR count). The van der Waals surface area contributed by atoms with Gasteiger partial charge < -0.3 is 14.8 Å². The van der Waals surface area contributed by atoms with Crippen LogP contribution in [0.25, 0.3) is 0 Å². The molecule has 3 heterocycles. The molecule has 1 unspecified atom stereocenters. The van der Waals surface area contributed by atoms with E-state index >= 15 is 0 Å². The smallest absolute Gasteiger partial charge is 0.286 e. The van der Waals surface area contributed by atoms with Crippen molar-refractivity contribution in [2.24, 2.45) is 21.0 Å². The quantitative estimate of drug-likeness (QED) is 0.517. The number of carbonyl (C=O) groups is 2. The van der Waals surface area contributed by atoms with Gasteiger partial charge in [-0.1, -0.05) is 0 Å². The predicted molar refractivity (Wildman–Crippen MR) is 116 cm³/mol. The molecule has 1 aromatic heterocycles. The molecule has 0 radical (unpaired) electrons. The summed E-state index contributed by atoms with van der Waals surface area (Å²) in [6, 6.07) is 3.82. The molecule has 14 nitrogen and oxygen atoms in total. The van der Waals surface area contributed by atoms with Gasteiger partial charge in [-0.15, -0.1) is 0 Å². The maximum Gasteiger partial charge on any atom is 0.286 e. The fourth-order valence-electron chi connectivity index (χ4n) is 3.33. The first-order valence-corrected chi connectivity index (χ1v) is 9.51. The third kappa shape index (κ3) is 3.77. The summed E-state index contributed by atoms with van der Waals surface area (Å²) in [6.45, 7) is 1.66. The van der Waals surface area contributed by atoms with E-state index < -0.39 is 28.3 Å². The van der Waals surface area contributed by atoms with Crippen LogP contribution in [0.3, 0.4) is 0 Å². The van der Waals surface area contributed by atoms with Crippen molar-refractivity contribution in [2.45, 2.75) is 6.92 Å². The molecular weight excluding hydrogens is 436 g/mol. The van der Waals surface area contributed by atoms with Crippen LogP contribution in [0.2, 0.25) is 0 Å². The van der Waals surface area contributed by atoms with Crippen molar-refractivity contribution in [3.63, 3.8) is 0 Å². The maximum atomic E-state index is 13.0. The van der Waals surface area contributed by atoms with E-state index in [1.165, 1.54) is 42.3 Å². The van der Waals surface area contributed by atoms with Crippen LogP contribution < -0.4 is 14.8 Å². The van der Waals surface area contributed by atoms with Crippen LogP contribution >= 0.6 is 0 Å². The van der Waals surface area contributed by atoms with E-state index in [0.29, 0.717) is 11.5 Å². The van der Waals surface area contributed by atoms with Gasteiger partial charge in [0.15, 0.2) is 11.5 Å². The summed E-state index contributed by atoms with van der Waals surface area (Å²) in [6.07, 6.45) is 1.44. The average Bonchev–Trinajstić information content (AvgIpc) is 3.34. The molecule has 1 N–H and O–H groups in total. The highest BCUT2D eigenvalue weighted by Gasteiger charge is 2.35. The first-order valence-electron chi connectivity index (χ1n) is 9.51. The SMILES string of the molecule is COc1cc(C(=O)Nc2cc(C)nn2C2=NC(=O)C3C=NN(C)C3=N2)c([N+](=O)[O-])cc1OC. The molecule has 1 aromatic carbocycles.